The number of pyridine rings is 1. The third-order valence-corrected chi connectivity index (χ3v) is 4.25. The van der Waals surface area contributed by atoms with E-state index in [1.165, 1.54) is 22.3 Å². The minimum atomic E-state index is 0.794. The summed E-state index contributed by atoms with van der Waals surface area (Å²) < 4.78 is 7.71. The molecule has 0 unspecified atom stereocenters. The molecule has 2 aromatic heterocycles. The van der Waals surface area contributed by atoms with Gasteiger partial charge in [-0.25, -0.2) is 0 Å². The highest BCUT2D eigenvalue weighted by Gasteiger charge is 2.17. The van der Waals surface area contributed by atoms with Gasteiger partial charge in [-0.05, 0) is 25.1 Å². The molecule has 22 heavy (non-hydrogen) atoms. The highest BCUT2D eigenvalue weighted by molar-refractivity contribution is 5.94. The summed E-state index contributed by atoms with van der Waals surface area (Å²) in [6.45, 7) is 5.58. The van der Waals surface area contributed by atoms with E-state index in [-0.39, 0.29) is 0 Å². The normalized spacial score (nSPS) is 15.4. The number of hydrogen-bond acceptors (Lipinski definition) is 3. The maximum absolute atomic E-state index is 5.48. The van der Waals surface area contributed by atoms with Gasteiger partial charge in [-0.2, -0.15) is 0 Å². The lowest BCUT2D eigenvalue weighted by atomic mass is 10.2. The molecule has 1 aliphatic rings. The lowest BCUT2D eigenvalue weighted by Gasteiger charge is -2.28. The molecular formula is C18H19N3O. The van der Waals surface area contributed by atoms with Gasteiger partial charge in [0.05, 0.1) is 30.6 Å². The van der Waals surface area contributed by atoms with Gasteiger partial charge in [0.1, 0.15) is 0 Å². The van der Waals surface area contributed by atoms with Crippen LogP contribution in [0.1, 0.15) is 5.56 Å². The van der Waals surface area contributed by atoms with E-state index in [1.54, 1.807) is 0 Å². The van der Waals surface area contributed by atoms with Crippen LogP contribution in [-0.2, 0) is 4.74 Å². The highest BCUT2D eigenvalue weighted by atomic mass is 16.5. The number of fused-ring (bicyclic) bond motifs is 1. The number of aromatic nitrogens is 2. The van der Waals surface area contributed by atoms with Crippen molar-refractivity contribution in [2.75, 3.05) is 31.2 Å². The van der Waals surface area contributed by atoms with Gasteiger partial charge in [0, 0.05) is 36.6 Å². The lowest BCUT2D eigenvalue weighted by molar-refractivity contribution is 0.123. The van der Waals surface area contributed by atoms with Crippen LogP contribution in [0.15, 0.2) is 48.9 Å². The molecule has 1 saturated heterocycles. The summed E-state index contributed by atoms with van der Waals surface area (Å²) in [5.74, 6) is 0. The van der Waals surface area contributed by atoms with Crippen molar-refractivity contribution in [1.29, 1.82) is 0 Å². The molecule has 0 amide bonds. The Balaban J connectivity index is 1.86. The minimum absolute atomic E-state index is 0.794. The smallest absolute Gasteiger partial charge is 0.0734 e. The first-order valence-electron chi connectivity index (χ1n) is 7.68. The standard InChI is InChI=1S/C18H19N3O/c1-14-2-4-15(5-3-14)21-13-18(20-8-10-22-11-9-20)16-6-7-19-12-17(16)21/h2-7,12-13H,8-11H2,1H3. The summed E-state index contributed by atoms with van der Waals surface area (Å²) >= 11 is 0. The molecule has 0 saturated carbocycles. The lowest BCUT2D eigenvalue weighted by Crippen LogP contribution is -2.36. The number of aryl methyl sites for hydroxylation is 1. The van der Waals surface area contributed by atoms with E-state index in [0.29, 0.717) is 0 Å². The second-order valence-corrected chi connectivity index (χ2v) is 5.71. The Kier molecular flexibility index (Phi) is 3.31. The summed E-state index contributed by atoms with van der Waals surface area (Å²) in [4.78, 5) is 6.71. The van der Waals surface area contributed by atoms with E-state index < -0.39 is 0 Å². The second-order valence-electron chi connectivity index (χ2n) is 5.71. The van der Waals surface area contributed by atoms with Crippen molar-refractivity contribution < 1.29 is 4.74 Å². The molecule has 112 valence electrons. The number of nitrogens with zero attached hydrogens (tertiary/aromatic N) is 3. The molecule has 1 aromatic carbocycles. The molecule has 0 spiro atoms. The Morgan fingerprint density at radius 2 is 1.82 bits per heavy atom. The number of anilines is 1. The Morgan fingerprint density at radius 1 is 1.05 bits per heavy atom. The van der Waals surface area contributed by atoms with Gasteiger partial charge in [0.15, 0.2) is 0 Å². The van der Waals surface area contributed by atoms with Crippen molar-refractivity contribution in [3.05, 3.63) is 54.5 Å². The van der Waals surface area contributed by atoms with Gasteiger partial charge < -0.3 is 14.2 Å². The topological polar surface area (TPSA) is 30.3 Å². The van der Waals surface area contributed by atoms with Crippen molar-refractivity contribution in [3.63, 3.8) is 0 Å². The fourth-order valence-electron chi connectivity index (χ4n) is 3.03. The monoisotopic (exact) mass is 293 g/mol. The molecule has 1 fully saturated rings. The van der Waals surface area contributed by atoms with Crippen LogP contribution >= 0.6 is 0 Å². The van der Waals surface area contributed by atoms with E-state index in [1.807, 2.05) is 12.4 Å². The average Bonchev–Trinajstić information content (AvgIpc) is 2.96. The number of rotatable bonds is 2. The molecule has 4 rings (SSSR count). The van der Waals surface area contributed by atoms with Gasteiger partial charge in [0.2, 0.25) is 0 Å². The van der Waals surface area contributed by atoms with Gasteiger partial charge in [-0.1, -0.05) is 17.7 Å². The van der Waals surface area contributed by atoms with Crippen molar-refractivity contribution in [3.8, 4) is 5.69 Å². The Hall–Kier alpha value is -2.33. The maximum atomic E-state index is 5.48. The molecule has 0 bridgehead atoms. The zero-order valence-corrected chi connectivity index (χ0v) is 12.7. The van der Waals surface area contributed by atoms with Crippen LogP contribution in [0.4, 0.5) is 5.69 Å². The van der Waals surface area contributed by atoms with Crippen LogP contribution in [0.2, 0.25) is 0 Å². The molecule has 3 heterocycles. The van der Waals surface area contributed by atoms with Gasteiger partial charge in [-0.15, -0.1) is 0 Å². The number of ether oxygens (including phenoxy) is 1. The Morgan fingerprint density at radius 3 is 2.59 bits per heavy atom. The van der Waals surface area contributed by atoms with Crippen LogP contribution in [0.25, 0.3) is 16.6 Å². The summed E-state index contributed by atoms with van der Waals surface area (Å²) in [5, 5.41) is 1.25. The molecule has 4 nitrogen and oxygen atoms in total. The third-order valence-electron chi connectivity index (χ3n) is 4.25. The van der Waals surface area contributed by atoms with E-state index in [2.05, 4.69) is 57.9 Å². The summed E-state index contributed by atoms with van der Waals surface area (Å²) in [5.41, 5.74) is 4.85. The zero-order chi connectivity index (χ0) is 14.9. The fourth-order valence-corrected chi connectivity index (χ4v) is 3.03. The van der Waals surface area contributed by atoms with E-state index in [9.17, 15) is 0 Å². The van der Waals surface area contributed by atoms with Crippen LogP contribution < -0.4 is 4.90 Å². The molecular weight excluding hydrogens is 274 g/mol. The number of morpholine rings is 1. The first kappa shape index (κ1) is 13.3. The molecule has 0 aliphatic carbocycles. The molecule has 1 aliphatic heterocycles. The van der Waals surface area contributed by atoms with Crippen LogP contribution in [0.3, 0.4) is 0 Å². The van der Waals surface area contributed by atoms with E-state index in [4.69, 9.17) is 4.74 Å². The van der Waals surface area contributed by atoms with Gasteiger partial charge in [0.25, 0.3) is 0 Å². The summed E-state index contributed by atoms with van der Waals surface area (Å²) in [6.07, 6.45) is 6.03. The highest BCUT2D eigenvalue weighted by Crippen LogP contribution is 2.31. The Bertz CT molecular complexity index is 786. The molecule has 0 radical (unpaired) electrons. The van der Waals surface area contributed by atoms with E-state index in [0.717, 1.165) is 31.8 Å². The van der Waals surface area contributed by atoms with Crippen LogP contribution in [-0.4, -0.2) is 35.9 Å². The molecule has 3 aromatic rings. The maximum Gasteiger partial charge on any atom is 0.0734 e. The first-order chi connectivity index (χ1) is 10.8. The molecule has 0 atom stereocenters. The molecule has 0 N–H and O–H groups in total. The summed E-state index contributed by atoms with van der Waals surface area (Å²) in [6, 6.07) is 10.7. The van der Waals surface area contributed by atoms with E-state index >= 15 is 0 Å². The largest absolute Gasteiger partial charge is 0.378 e. The van der Waals surface area contributed by atoms with Gasteiger partial charge >= 0.3 is 0 Å². The van der Waals surface area contributed by atoms with Crippen molar-refractivity contribution in [1.82, 2.24) is 9.55 Å². The van der Waals surface area contributed by atoms with Crippen LogP contribution in [0, 0.1) is 6.92 Å². The number of benzene rings is 1. The average molecular weight is 293 g/mol. The predicted octanol–water partition coefficient (Wildman–Crippen LogP) is 3.17. The molecule has 4 heteroatoms. The Labute approximate surface area is 130 Å². The quantitative estimate of drug-likeness (QED) is 0.727. The van der Waals surface area contributed by atoms with Crippen molar-refractivity contribution in [2.24, 2.45) is 0 Å². The number of hydrogen-bond donors (Lipinski definition) is 0. The summed E-state index contributed by atoms with van der Waals surface area (Å²) in [7, 11) is 0. The van der Waals surface area contributed by atoms with Crippen molar-refractivity contribution >= 4 is 16.6 Å². The van der Waals surface area contributed by atoms with Gasteiger partial charge in [-0.3, -0.25) is 4.98 Å². The first-order valence-corrected chi connectivity index (χ1v) is 7.68. The van der Waals surface area contributed by atoms with Crippen LogP contribution in [0.5, 0.6) is 0 Å². The SMILES string of the molecule is Cc1ccc(-n2cc(N3CCOCC3)c3ccncc32)cc1. The zero-order valence-electron chi connectivity index (χ0n) is 12.7. The second kappa shape index (κ2) is 5.46. The van der Waals surface area contributed by atoms with Crippen molar-refractivity contribution in [2.45, 2.75) is 6.92 Å². The fraction of sp³-hybridized carbons (Fsp3) is 0.278. The predicted molar refractivity (Wildman–Crippen MR) is 88.8 cm³/mol. The third kappa shape index (κ3) is 2.25. The minimum Gasteiger partial charge on any atom is -0.378 e.